The number of nitrogens with one attached hydrogen (secondary N) is 1. The minimum absolute atomic E-state index is 0.0744. The van der Waals surface area contributed by atoms with Gasteiger partial charge in [-0.15, -0.1) is 0 Å². The molecular weight excluding hydrogens is 780 g/mol. The zero-order chi connectivity index (χ0) is 45.0. The third kappa shape index (κ3) is 46.5. The molecule has 0 aromatic rings. The molecule has 0 aliphatic rings. The van der Waals surface area contributed by atoms with E-state index in [9.17, 15) is 19.4 Å². The van der Waals surface area contributed by atoms with Gasteiger partial charge in [0.15, 0.2) is 0 Å². The van der Waals surface area contributed by atoms with Crippen molar-refractivity contribution in [2.45, 2.75) is 251 Å². The van der Waals surface area contributed by atoms with Gasteiger partial charge in [0, 0.05) is 6.42 Å². The van der Waals surface area contributed by atoms with Crippen LogP contribution in [0.15, 0.2) is 36.5 Å². The summed E-state index contributed by atoms with van der Waals surface area (Å²) >= 11 is 0. The Balaban J connectivity index is 3.72. The van der Waals surface area contributed by atoms with Gasteiger partial charge in [-0.3, -0.25) is 13.8 Å². The molecule has 0 saturated carbocycles. The summed E-state index contributed by atoms with van der Waals surface area (Å²) in [6, 6.07) is -0.754. The molecule has 0 rings (SSSR count). The van der Waals surface area contributed by atoms with Crippen molar-refractivity contribution in [3.8, 4) is 0 Å². The van der Waals surface area contributed by atoms with Crippen LogP contribution in [0.5, 0.6) is 0 Å². The van der Waals surface area contributed by atoms with Crippen LogP contribution in [0.25, 0.3) is 0 Å². The molecule has 3 unspecified atom stereocenters. The number of phosphoric acid groups is 1. The molecule has 3 atom stereocenters. The van der Waals surface area contributed by atoms with E-state index in [4.69, 9.17) is 9.05 Å². The summed E-state index contributed by atoms with van der Waals surface area (Å²) in [6.07, 6.45) is 55.6. The quantitative estimate of drug-likeness (QED) is 0.0243. The Kier molecular flexibility index (Phi) is 43.0. The molecule has 0 bridgehead atoms. The van der Waals surface area contributed by atoms with Crippen LogP contribution in [-0.4, -0.2) is 73.4 Å². The second-order valence-electron chi connectivity index (χ2n) is 18.9. The van der Waals surface area contributed by atoms with Crippen LogP contribution >= 0.6 is 7.82 Å². The highest BCUT2D eigenvalue weighted by Gasteiger charge is 2.28. The third-order valence-electron chi connectivity index (χ3n) is 11.6. The third-order valence-corrected chi connectivity index (χ3v) is 12.6. The van der Waals surface area contributed by atoms with Gasteiger partial charge in [0.25, 0.3) is 0 Å². The van der Waals surface area contributed by atoms with E-state index in [2.05, 4.69) is 55.6 Å². The standard InChI is InChI=1S/C52H101N2O6P/c1-6-8-10-12-13-14-15-16-17-18-19-20-21-22-23-24-25-26-27-28-29-30-31-32-33-34-35-36-37-38-39-40-41-42-44-46-52(56)53-50(51(55)45-43-11-9-7-2)49-60-61(57,58)59-48-47-54(3,4)5/h15-16,18-19,21-22,50-51,55H,6-14,17,20,23-49H2,1-5H3,(H-,53,56,57,58)/p+1/b16-15-,19-18-,22-21-. The molecule has 9 heteroatoms. The number of aliphatic hydroxyl groups is 1. The van der Waals surface area contributed by atoms with E-state index in [0.29, 0.717) is 23.9 Å². The first-order valence-corrected chi connectivity index (χ1v) is 27.3. The normalized spacial score (nSPS) is 14.4. The number of allylic oxidation sites excluding steroid dienone is 6. The van der Waals surface area contributed by atoms with Crippen LogP contribution in [0, 0.1) is 0 Å². The lowest BCUT2D eigenvalue weighted by molar-refractivity contribution is -0.870. The Morgan fingerprint density at radius 3 is 1.36 bits per heavy atom. The number of likely N-dealkylation sites (N-methyl/N-ethyl adjacent to an activating group) is 1. The molecule has 0 aliphatic carbocycles. The minimum atomic E-state index is -4.29. The molecule has 0 spiro atoms. The van der Waals surface area contributed by atoms with Gasteiger partial charge in [0.1, 0.15) is 13.2 Å². The number of nitrogens with zero attached hydrogens (tertiary/aromatic N) is 1. The van der Waals surface area contributed by atoms with Gasteiger partial charge < -0.3 is 19.8 Å². The molecule has 61 heavy (non-hydrogen) atoms. The molecule has 8 nitrogen and oxygen atoms in total. The second kappa shape index (κ2) is 43.9. The smallest absolute Gasteiger partial charge is 0.391 e. The Morgan fingerprint density at radius 1 is 0.557 bits per heavy atom. The lowest BCUT2D eigenvalue weighted by Crippen LogP contribution is -2.46. The van der Waals surface area contributed by atoms with Crippen molar-refractivity contribution in [2.24, 2.45) is 0 Å². The highest BCUT2D eigenvalue weighted by atomic mass is 31.2. The maximum atomic E-state index is 12.8. The lowest BCUT2D eigenvalue weighted by atomic mass is 10.0. The molecule has 360 valence electrons. The molecule has 0 fully saturated rings. The van der Waals surface area contributed by atoms with E-state index in [0.717, 1.165) is 57.8 Å². The van der Waals surface area contributed by atoms with Crippen LogP contribution in [0.1, 0.15) is 239 Å². The fraction of sp³-hybridized carbons (Fsp3) is 0.865. The molecular formula is C52H102N2O6P+. The summed E-state index contributed by atoms with van der Waals surface area (Å²) in [4.78, 5) is 22.9. The Hall–Kier alpha value is -1.28. The maximum Gasteiger partial charge on any atom is 0.472 e. The summed E-state index contributed by atoms with van der Waals surface area (Å²) < 4.78 is 23.4. The van der Waals surface area contributed by atoms with Crippen LogP contribution in [0.3, 0.4) is 0 Å². The van der Waals surface area contributed by atoms with E-state index in [1.807, 2.05) is 21.1 Å². The molecule has 0 aliphatic heterocycles. The molecule has 0 radical (unpaired) electrons. The predicted octanol–water partition coefficient (Wildman–Crippen LogP) is 15.0. The largest absolute Gasteiger partial charge is 0.472 e. The van der Waals surface area contributed by atoms with Crippen molar-refractivity contribution in [2.75, 3.05) is 40.9 Å². The van der Waals surface area contributed by atoms with Crippen molar-refractivity contribution in [3.63, 3.8) is 0 Å². The summed E-state index contributed by atoms with van der Waals surface area (Å²) in [5.74, 6) is -0.151. The van der Waals surface area contributed by atoms with Crippen molar-refractivity contribution >= 4 is 13.7 Å². The number of unbranched alkanes of at least 4 members (excludes halogenated alkanes) is 28. The van der Waals surface area contributed by atoms with E-state index in [-0.39, 0.29) is 19.1 Å². The van der Waals surface area contributed by atoms with E-state index < -0.39 is 20.0 Å². The molecule has 0 saturated heterocycles. The summed E-state index contributed by atoms with van der Waals surface area (Å²) in [6.45, 7) is 4.76. The number of hydrogen-bond acceptors (Lipinski definition) is 5. The number of carbonyl (C=O) groups is 1. The number of amides is 1. The van der Waals surface area contributed by atoms with Gasteiger partial charge in [0.05, 0.1) is 39.9 Å². The number of aliphatic hydroxyl groups excluding tert-OH is 1. The number of rotatable bonds is 47. The lowest BCUT2D eigenvalue weighted by Gasteiger charge is -2.26. The van der Waals surface area contributed by atoms with E-state index in [1.54, 1.807) is 0 Å². The van der Waals surface area contributed by atoms with Gasteiger partial charge >= 0.3 is 7.82 Å². The van der Waals surface area contributed by atoms with Crippen molar-refractivity contribution in [1.82, 2.24) is 5.32 Å². The Labute approximate surface area is 378 Å². The fourth-order valence-electron chi connectivity index (χ4n) is 7.52. The van der Waals surface area contributed by atoms with Crippen LogP contribution in [0.2, 0.25) is 0 Å². The van der Waals surface area contributed by atoms with Gasteiger partial charge in [-0.2, -0.15) is 0 Å². The minimum Gasteiger partial charge on any atom is -0.391 e. The van der Waals surface area contributed by atoms with Crippen molar-refractivity contribution in [3.05, 3.63) is 36.5 Å². The first-order valence-electron chi connectivity index (χ1n) is 25.9. The first kappa shape index (κ1) is 59.7. The first-order chi connectivity index (χ1) is 29.5. The molecule has 3 N–H and O–H groups in total. The average Bonchev–Trinajstić information content (AvgIpc) is 3.21. The molecule has 0 aromatic heterocycles. The van der Waals surface area contributed by atoms with Crippen LogP contribution in [-0.2, 0) is 18.4 Å². The van der Waals surface area contributed by atoms with Crippen molar-refractivity contribution < 1.29 is 32.9 Å². The number of quaternary nitrogens is 1. The number of phosphoric ester groups is 1. The summed E-state index contributed by atoms with van der Waals surface area (Å²) in [5.41, 5.74) is 0. The van der Waals surface area contributed by atoms with Crippen LogP contribution in [0.4, 0.5) is 0 Å². The molecule has 1 amide bonds. The zero-order valence-electron chi connectivity index (χ0n) is 40.9. The van der Waals surface area contributed by atoms with Gasteiger partial charge in [-0.1, -0.05) is 217 Å². The number of hydrogen-bond donors (Lipinski definition) is 3. The van der Waals surface area contributed by atoms with Crippen LogP contribution < -0.4 is 5.32 Å². The van der Waals surface area contributed by atoms with Gasteiger partial charge in [-0.25, -0.2) is 4.57 Å². The summed E-state index contributed by atoms with van der Waals surface area (Å²) in [7, 11) is 1.61. The topological polar surface area (TPSA) is 105 Å². The molecule has 0 heterocycles. The fourth-order valence-corrected chi connectivity index (χ4v) is 8.26. The van der Waals surface area contributed by atoms with Gasteiger partial charge in [0.2, 0.25) is 5.91 Å². The van der Waals surface area contributed by atoms with Crippen molar-refractivity contribution in [1.29, 1.82) is 0 Å². The maximum absolute atomic E-state index is 12.8. The predicted molar refractivity (Wildman–Crippen MR) is 263 cm³/mol. The van der Waals surface area contributed by atoms with Gasteiger partial charge in [-0.05, 0) is 51.4 Å². The summed E-state index contributed by atoms with van der Waals surface area (Å²) in [5, 5.41) is 13.7. The molecule has 0 aromatic carbocycles. The average molecular weight is 882 g/mol. The highest BCUT2D eigenvalue weighted by Crippen LogP contribution is 2.43. The SMILES string of the molecule is CCCCCCC/C=C\C/C=C\C/C=C\CCCCCCCCCCCCCCCCCCCCCCC(=O)NC(COP(=O)(O)OCC[N+](C)(C)C)C(O)CCCCCC. The monoisotopic (exact) mass is 882 g/mol. The zero-order valence-corrected chi connectivity index (χ0v) is 41.8. The Morgan fingerprint density at radius 2 is 0.934 bits per heavy atom. The Bertz CT molecular complexity index is 1090. The van der Waals surface area contributed by atoms with E-state index >= 15 is 0 Å². The number of carbonyl (C=O) groups excluding carboxylic acids is 1. The second-order valence-corrected chi connectivity index (χ2v) is 20.4. The van der Waals surface area contributed by atoms with E-state index in [1.165, 1.54) is 154 Å². The highest BCUT2D eigenvalue weighted by molar-refractivity contribution is 7.47.